The van der Waals surface area contributed by atoms with E-state index in [4.69, 9.17) is 5.73 Å². The van der Waals surface area contributed by atoms with Crippen molar-refractivity contribution in [2.75, 3.05) is 5.73 Å². The Morgan fingerprint density at radius 2 is 1.63 bits per heavy atom. The van der Waals surface area contributed by atoms with E-state index < -0.39 is 0 Å². The fourth-order valence-electron chi connectivity index (χ4n) is 2.34. The van der Waals surface area contributed by atoms with E-state index in [1.165, 1.54) is 41.5 Å². The van der Waals surface area contributed by atoms with E-state index in [-0.39, 0.29) is 0 Å². The molecule has 2 N–H and O–H groups in total. The van der Waals surface area contributed by atoms with E-state index in [2.05, 4.69) is 44.2 Å². The second-order valence-corrected chi connectivity index (χ2v) is 5.28. The summed E-state index contributed by atoms with van der Waals surface area (Å²) in [6, 6.07) is 15.2. The summed E-state index contributed by atoms with van der Waals surface area (Å²) in [5.74, 6) is 0. The van der Waals surface area contributed by atoms with Crippen molar-refractivity contribution in [1.82, 2.24) is 0 Å². The molecule has 0 aliphatic rings. The Bertz CT molecular complexity index is 526. The molecule has 19 heavy (non-hydrogen) atoms. The molecular weight excluding hydrogens is 230 g/mol. The second kappa shape index (κ2) is 6.42. The van der Waals surface area contributed by atoms with E-state index >= 15 is 0 Å². The molecule has 0 aliphatic heterocycles. The first kappa shape index (κ1) is 13.7. The van der Waals surface area contributed by atoms with Gasteiger partial charge in [0.2, 0.25) is 0 Å². The van der Waals surface area contributed by atoms with Crippen molar-refractivity contribution >= 4 is 5.69 Å². The van der Waals surface area contributed by atoms with Crippen LogP contribution in [0.3, 0.4) is 0 Å². The number of rotatable bonds is 5. The lowest BCUT2D eigenvalue weighted by molar-refractivity contribution is 0.795. The Labute approximate surface area is 116 Å². The number of anilines is 1. The highest BCUT2D eigenvalue weighted by Crippen LogP contribution is 2.17. The van der Waals surface area contributed by atoms with Gasteiger partial charge in [0.15, 0.2) is 0 Å². The molecule has 1 nitrogen and oxygen atoms in total. The Balaban J connectivity index is 2.06. The average molecular weight is 253 g/mol. The molecule has 0 spiro atoms. The van der Waals surface area contributed by atoms with Gasteiger partial charge in [-0.05, 0) is 60.6 Å². The molecule has 0 saturated carbocycles. The minimum atomic E-state index is 0.844. The molecule has 2 rings (SSSR count). The van der Waals surface area contributed by atoms with Crippen LogP contribution in [0, 0.1) is 6.92 Å². The standard InChI is InChI=1S/C18H23N/c1-3-4-5-15-6-8-16(9-7-15)13-17-10-11-18(19)12-14(17)2/h6-12H,3-5,13,19H2,1-2H3. The topological polar surface area (TPSA) is 26.0 Å². The van der Waals surface area contributed by atoms with Gasteiger partial charge < -0.3 is 5.73 Å². The van der Waals surface area contributed by atoms with E-state index in [1.807, 2.05) is 12.1 Å². The van der Waals surface area contributed by atoms with Gasteiger partial charge in [-0.15, -0.1) is 0 Å². The largest absolute Gasteiger partial charge is 0.399 e. The van der Waals surface area contributed by atoms with Crippen molar-refractivity contribution in [3.8, 4) is 0 Å². The van der Waals surface area contributed by atoms with Gasteiger partial charge in [-0.3, -0.25) is 0 Å². The number of unbranched alkanes of at least 4 members (excludes halogenated alkanes) is 1. The predicted octanol–water partition coefficient (Wildman–Crippen LogP) is 4.51. The molecule has 2 aromatic carbocycles. The molecule has 0 radical (unpaired) electrons. The molecule has 2 aromatic rings. The van der Waals surface area contributed by atoms with Crippen LogP contribution in [0.25, 0.3) is 0 Å². The van der Waals surface area contributed by atoms with Crippen LogP contribution in [0.1, 0.15) is 42.0 Å². The van der Waals surface area contributed by atoms with Gasteiger partial charge in [0, 0.05) is 5.69 Å². The van der Waals surface area contributed by atoms with Crippen LogP contribution in [0.5, 0.6) is 0 Å². The van der Waals surface area contributed by atoms with Gasteiger partial charge in [-0.1, -0.05) is 43.7 Å². The van der Waals surface area contributed by atoms with E-state index in [9.17, 15) is 0 Å². The van der Waals surface area contributed by atoms with Crippen molar-refractivity contribution in [1.29, 1.82) is 0 Å². The zero-order valence-electron chi connectivity index (χ0n) is 11.9. The van der Waals surface area contributed by atoms with Crippen molar-refractivity contribution in [2.24, 2.45) is 0 Å². The summed E-state index contributed by atoms with van der Waals surface area (Å²) in [6.07, 6.45) is 4.71. The maximum absolute atomic E-state index is 5.79. The van der Waals surface area contributed by atoms with Gasteiger partial charge in [0.25, 0.3) is 0 Å². The van der Waals surface area contributed by atoms with Gasteiger partial charge in [0.05, 0.1) is 0 Å². The molecule has 0 amide bonds. The number of nitrogen functional groups attached to an aromatic ring is 1. The maximum Gasteiger partial charge on any atom is 0.0316 e. The summed E-state index contributed by atoms with van der Waals surface area (Å²) < 4.78 is 0. The summed E-state index contributed by atoms with van der Waals surface area (Å²) >= 11 is 0. The van der Waals surface area contributed by atoms with Crippen LogP contribution in [-0.2, 0) is 12.8 Å². The molecule has 0 unspecified atom stereocenters. The minimum Gasteiger partial charge on any atom is -0.399 e. The van der Waals surface area contributed by atoms with Gasteiger partial charge in [-0.25, -0.2) is 0 Å². The first-order valence-corrected chi connectivity index (χ1v) is 7.12. The fourth-order valence-corrected chi connectivity index (χ4v) is 2.34. The van der Waals surface area contributed by atoms with Crippen molar-refractivity contribution in [3.63, 3.8) is 0 Å². The Kier molecular flexibility index (Phi) is 4.62. The monoisotopic (exact) mass is 253 g/mol. The van der Waals surface area contributed by atoms with Crippen LogP contribution in [0.4, 0.5) is 5.69 Å². The summed E-state index contributed by atoms with van der Waals surface area (Å²) in [4.78, 5) is 0. The molecule has 0 heterocycles. The van der Waals surface area contributed by atoms with Crippen LogP contribution in [0.15, 0.2) is 42.5 Å². The number of hydrogen-bond donors (Lipinski definition) is 1. The van der Waals surface area contributed by atoms with Crippen molar-refractivity contribution in [2.45, 2.75) is 39.5 Å². The van der Waals surface area contributed by atoms with Gasteiger partial charge in [-0.2, -0.15) is 0 Å². The quantitative estimate of drug-likeness (QED) is 0.779. The minimum absolute atomic E-state index is 0.844. The summed E-state index contributed by atoms with van der Waals surface area (Å²) in [6.45, 7) is 4.36. The third-order valence-corrected chi connectivity index (χ3v) is 3.60. The molecule has 0 aromatic heterocycles. The van der Waals surface area contributed by atoms with Crippen LogP contribution >= 0.6 is 0 Å². The number of benzene rings is 2. The predicted molar refractivity (Wildman–Crippen MR) is 83.5 cm³/mol. The Morgan fingerprint density at radius 1 is 0.947 bits per heavy atom. The first-order valence-electron chi connectivity index (χ1n) is 7.12. The lowest BCUT2D eigenvalue weighted by atomic mass is 9.98. The third-order valence-electron chi connectivity index (χ3n) is 3.60. The van der Waals surface area contributed by atoms with E-state index in [0.29, 0.717) is 0 Å². The van der Waals surface area contributed by atoms with Crippen LogP contribution in [-0.4, -0.2) is 0 Å². The lowest BCUT2D eigenvalue weighted by Crippen LogP contribution is -1.94. The number of hydrogen-bond acceptors (Lipinski definition) is 1. The van der Waals surface area contributed by atoms with Crippen LogP contribution in [0.2, 0.25) is 0 Å². The SMILES string of the molecule is CCCCc1ccc(Cc2ccc(N)cc2C)cc1. The average Bonchev–Trinajstić information content (AvgIpc) is 2.41. The van der Waals surface area contributed by atoms with Crippen LogP contribution < -0.4 is 5.73 Å². The second-order valence-electron chi connectivity index (χ2n) is 5.28. The Hall–Kier alpha value is -1.76. The maximum atomic E-state index is 5.79. The molecule has 100 valence electrons. The first-order chi connectivity index (χ1) is 9.19. The summed E-state index contributed by atoms with van der Waals surface area (Å²) in [5, 5.41) is 0. The fraction of sp³-hybridized carbons (Fsp3) is 0.333. The molecule has 0 atom stereocenters. The number of aryl methyl sites for hydroxylation is 2. The summed E-state index contributed by atoms with van der Waals surface area (Å²) in [7, 11) is 0. The normalized spacial score (nSPS) is 10.6. The highest BCUT2D eigenvalue weighted by Gasteiger charge is 2.01. The molecule has 0 fully saturated rings. The molecule has 0 bridgehead atoms. The van der Waals surface area contributed by atoms with Gasteiger partial charge >= 0.3 is 0 Å². The highest BCUT2D eigenvalue weighted by molar-refractivity contribution is 5.45. The smallest absolute Gasteiger partial charge is 0.0316 e. The highest BCUT2D eigenvalue weighted by atomic mass is 14.5. The Morgan fingerprint density at radius 3 is 2.26 bits per heavy atom. The van der Waals surface area contributed by atoms with Crippen molar-refractivity contribution < 1.29 is 0 Å². The van der Waals surface area contributed by atoms with E-state index in [0.717, 1.165) is 12.1 Å². The molecule has 1 heteroatoms. The summed E-state index contributed by atoms with van der Waals surface area (Å²) in [5.41, 5.74) is 12.1. The molecule has 0 aliphatic carbocycles. The van der Waals surface area contributed by atoms with E-state index in [1.54, 1.807) is 0 Å². The number of nitrogens with two attached hydrogens (primary N) is 1. The van der Waals surface area contributed by atoms with Crippen molar-refractivity contribution in [3.05, 3.63) is 64.7 Å². The zero-order chi connectivity index (χ0) is 13.7. The molecular formula is C18H23N. The lowest BCUT2D eigenvalue weighted by Gasteiger charge is -2.08. The third kappa shape index (κ3) is 3.85. The molecule has 0 saturated heterocycles. The zero-order valence-corrected chi connectivity index (χ0v) is 11.9. The van der Waals surface area contributed by atoms with Gasteiger partial charge in [0.1, 0.15) is 0 Å².